The standard InChI is InChI=1S/C14H24N2O4/c1-2-11-3-5-15(6-4-11)14(19)16-7-8-20-12(10-16)9-13(17)18/h11-12H,2-10H2,1H3,(H,17,18). The molecule has 2 saturated heterocycles. The van der Waals surface area contributed by atoms with E-state index in [2.05, 4.69) is 6.92 Å². The quantitative estimate of drug-likeness (QED) is 0.850. The summed E-state index contributed by atoms with van der Waals surface area (Å²) in [6, 6.07) is 0.0400. The highest BCUT2D eigenvalue weighted by molar-refractivity contribution is 5.75. The van der Waals surface area contributed by atoms with E-state index in [-0.39, 0.29) is 18.6 Å². The predicted molar refractivity (Wildman–Crippen MR) is 73.5 cm³/mol. The van der Waals surface area contributed by atoms with Gasteiger partial charge in [0.2, 0.25) is 0 Å². The maximum absolute atomic E-state index is 12.4. The van der Waals surface area contributed by atoms with E-state index in [1.807, 2.05) is 4.90 Å². The van der Waals surface area contributed by atoms with Gasteiger partial charge in [-0.1, -0.05) is 13.3 Å². The van der Waals surface area contributed by atoms with Crippen molar-refractivity contribution in [3.63, 3.8) is 0 Å². The number of carbonyl (C=O) groups is 2. The van der Waals surface area contributed by atoms with E-state index in [9.17, 15) is 9.59 Å². The van der Waals surface area contributed by atoms with E-state index in [1.54, 1.807) is 4.90 Å². The lowest BCUT2D eigenvalue weighted by molar-refractivity contribution is -0.141. The molecule has 0 aromatic heterocycles. The highest BCUT2D eigenvalue weighted by atomic mass is 16.5. The molecule has 0 aromatic rings. The Morgan fingerprint density at radius 1 is 1.20 bits per heavy atom. The lowest BCUT2D eigenvalue weighted by Crippen LogP contribution is -2.52. The number of piperidine rings is 1. The molecule has 2 amide bonds. The summed E-state index contributed by atoms with van der Waals surface area (Å²) in [7, 11) is 0. The summed E-state index contributed by atoms with van der Waals surface area (Å²) in [6.07, 6.45) is 2.91. The predicted octanol–water partition coefficient (Wildman–Crippen LogP) is 1.40. The number of carboxylic acid groups (broad SMARTS) is 1. The second-order valence-corrected chi connectivity index (χ2v) is 5.66. The third-order valence-electron chi connectivity index (χ3n) is 4.27. The van der Waals surface area contributed by atoms with Crippen LogP contribution in [0.3, 0.4) is 0 Å². The van der Waals surface area contributed by atoms with Crippen LogP contribution in [0, 0.1) is 5.92 Å². The van der Waals surface area contributed by atoms with Gasteiger partial charge in [-0.05, 0) is 18.8 Å². The molecular weight excluding hydrogens is 260 g/mol. The summed E-state index contributed by atoms with van der Waals surface area (Å²) in [5, 5.41) is 8.80. The molecule has 2 rings (SSSR count). The molecule has 1 unspecified atom stereocenters. The molecule has 0 radical (unpaired) electrons. The van der Waals surface area contributed by atoms with Crippen LogP contribution in [0.5, 0.6) is 0 Å². The molecule has 114 valence electrons. The highest BCUT2D eigenvalue weighted by Crippen LogP contribution is 2.21. The largest absolute Gasteiger partial charge is 0.481 e. The van der Waals surface area contributed by atoms with Gasteiger partial charge in [-0.3, -0.25) is 4.79 Å². The summed E-state index contributed by atoms with van der Waals surface area (Å²) in [4.78, 5) is 26.8. The molecule has 0 saturated carbocycles. The Morgan fingerprint density at radius 3 is 2.50 bits per heavy atom. The highest BCUT2D eigenvalue weighted by Gasteiger charge is 2.30. The van der Waals surface area contributed by atoms with Crippen molar-refractivity contribution in [2.24, 2.45) is 5.92 Å². The minimum absolute atomic E-state index is 0.0400. The molecule has 1 atom stereocenters. The van der Waals surface area contributed by atoms with Gasteiger partial charge in [-0.2, -0.15) is 0 Å². The second-order valence-electron chi connectivity index (χ2n) is 5.66. The van der Waals surface area contributed by atoms with Crippen LogP contribution in [0.15, 0.2) is 0 Å². The summed E-state index contributed by atoms with van der Waals surface area (Å²) < 4.78 is 5.40. The first-order valence-corrected chi connectivity index (χ1v) is 7.47. The Labute approximate surface area is 119 Å². The monoisotopic (exact) mass is 284 g/mol. The first-order valence-electron chi connectivity index (χ1n) is 7.47. The third kappa shape index (κ3) is 3.85. The molecule has 6 nitrogen and oxygen atoms in total. The average molecular weight is 284 g/mol. The van der Waals surface area contributed by atoms with Crippen LogP contribution in [-0.2, 0) is 9.53 Å². The van der Waals surface area contributed by atoms with Crippen LogP contribution in [0.2, 0.25) is 0 Å². The minimum Gasteiger partial charge on any atom is -0.481 e. The first-order chi connectivity index (χ1) is 9.60. The van der Waals surface area contributed by atoms with Crippen molar-refractivity contribution in [2.75, 3.05) is 32.8 Å². The van der Waals surface area contributed by atoms with Gasteiger partial charge >= 0.3 is 12.0 Å². The summed E-state index contributed by atoms with van der Waals surface area (Å²) in [6.45, 7) is 5.20. The number of rotatable bonds is 3. The maximum atomic E-state index is 12.4. The minimum atomic E-state index is -0.881. The van der Waals surface area contributed by atoms with Gasteiger partial charge in [0.05, 0.1) is 19.1 Å². The van der Waals surface area contributed by atoms with E-state index >= 15 is 0 Å². The van der Waals surface area contributed by atoms with Crippen LogP contribution in [0.25, 0.3) is 0 Å². The SMILES string of the molecule is CCC1CCN(C(=O)N2CCOC(CC(=O)O)C2)CC1. The zero-order chi connectivity index (χ0) is 14.5. The van der Waals surface area contributed by atoms with E-state index in [0.29, 0.717) is 19.7 Å². The fourth-order valence-electron chi connectivity index (χ4n) is 2.94. The number of carboxylic acids is 1. The third-order valence-corrected chi connectivity index (χ3v) is 4.27. The van der Waals surface area contributed by atoms with Crippen LogP contribution >= 0.6 is 0 Å². The van der Waals surface area contributed by atoms with Crippen molar-refractivity contribution >= 4 is 12.0 Å². The number of likely N-dealkylation sites (tertiary alicyclic amines) is 1. The van der Waals surface area contributed by atoms with Gasteiger partial charge < -0.3 is 19.6 Å². The molecule has 2 heterocycles. The number of aliphatic carboxylic acids is 1. The Kier molecular flexibility index (Phi) is 5.23. The number of hydrogen-bond acceptors (Lipinski definition) is 3. The van der Waals surface area contributed by atoms with Crippen molar-refractivity contribution in [1.82, 2.24) is 9.80 Å². The van der Waals surface area contributed by atoms with Crippen molar-refractivity contribution in [1.29, 1.82) is 0 Å². The molecule has 0 bridgehead atoms. The molecule has 0 aliphatic carbocycles. The Hall–Kier alpha value is -1.30. The number of hydrogen-bond donors (Lipinski definition) is 1. The van der Waals surface area contributed by atoms with E-state index in [1.165, 1.54) is 6.42 Å². The van der Waals surface area contributed by atoms with Crippen molar-refractivity contribution < 1.29 is 19.4 Å². The fourth-order valence-corrected chi connectivity index (χ4v) is 2.94. The Bertz CT molecular complexity index is 353. The van der Waals surface area contributed by atoms with Gasteiger partial charge in [0.1, 0.15) is 0 Å². The van der Waals surface area contributed by atoms with Crippen LogP contribution < -0.4 is 0 Å². The number of carbonyl (C=O) groups excluding carboxylic acids is 1. The van der Waals surface area contributed by atoms with Crippen molar-refractivity contribution in [3.05, 3.63) is 0 Å². The number of amides is 2. The molecule has 2 aliphatic heterocycles. The zero-order valence-electron chi connectivity index (χ0n) is 12.1. The molecule has 0 spiro atoms. The molecule has 2 aliphatic rings. The fraction of sp³-hybridized carbons (Fsp3) is 0.857. The van der Waals surface area contributed by atoms with Crippen LogP contribution in [0.1, 0.15) is 32.6 Å². The zero-order valence-corrected chi connectivity index (χ0v) is 12.1. The van der Waals surface area contributed by atoms with Crippen molar-refractivity contribution in [2.45, 2.75) is 38.7 Å². The number of nitrogens with zero attached hydrogens (tertiary/aromatic N) is 2. The lowest BCUT2D eigenvalue weighted by atomic mass is 9.95. The van der Waals surface area contributed by atoms with E-state index < -0.39 is 5.97 Å². The number of urea groups is 1. The van der Waals surface area contributed by atoms with E-state index in [0.717, 1.165) is 31.8 Å². The topological polar surface area (TPSA) is 70.1 Å². The Balaban J connectivity index is 1.84. The Morgan fingerprint density at radius 2 is 1.90 bits per heavy atom. The van der Waals surface area contributed by atoms with Gasteiger partial charge in [0.15, 0.2) is 0 Å². The lowest BCUT2D eigenvalue weighted by Gasteiger charge is -2.38. The number of ether oxygens (including phenoxy) is 1. The smallest absolute Gasteiger partial charge is 0.320 e. The molecule has 20 heavy (non-hydrogen) atoms. The van der Waals surface area contributed by atoms with Gasteiger partial charge in [-0.15, -0.1) is 0 Å². The van der Waals surface area contributed by atoms with Crippen LogP contribution in [0.4, 0.5) is 4.79 Å². The maximum Gasteiger partial charge on any atom is 0.320 e. The number of morpholine rings is 1. The molecule has 2 fully saturated rings. The normalized spacial score (nSPS) is 24.8. The van der Waals surface area contributed by atoms with Gasteiger partial charge in [0, 0.05) is 26.2 Å². The average Bonchev–Trinajstić information content (AvgIpc) is 2.46. The summed E-state index contributed by atoms with van der Waals surface area (Å²) in [5.41, 5.74) is 0. The van der Waals surface area contributed by atoms with Gasteiger partial charge in [-0.25, -0.2) is 4.79 Å². The van der Waals surface area contributed by atoms with Crippen molar-refractivity contribution in [3.8, 4) is 0 Å². The van der Waals surface area contributed by atoms with Gasteiger partial charge in [0.25, 0.3) is 0 Å². The summed E-state index contributed by atoms with van der Waals surface area (Å²) in [5.74, 6) is -0.142. The molecule has 6 heteroatoms. The van der Waals surface area contributed by atoms with Crippen LogP contribution in [-0.4, -0.2) is 65.8 Å². The molecular formula is C14H24N2O4. The molecule has 1 N–H and O–H groups in total. The summed E-state index contributed by atoms with van der Waals surface area (Å²) >= 11 is 0. The second kappa shape index (κ2) is 6.92. The first kappa shape index (κ1) is 15.1. The molecule has 0 aromatic carbocycles. The van der Waals surface area contributed by atoms with E-state index in [4.69, 9.17) is 9.84 Å².